The predicted molar refractivity (Wildman–Crippen MR) is 85.5 cm³/mol. The number of carboxylic acid groups (broad SMARTS) is 4. The van der Waals surface area contributed by atoms with Crippen molar-refractivity contribution in [3.8, 4) is 0 Å². The minimum atomic E-state index is -1.30. The lowest BCUT2D eigenvalue weighted by Gasteiger charge is -2.33. The molecule has 0 bridgehead atoms. The lowest BCUT2D eigenvalue weighted by molar-refractivity contribution is -0.147. The molecular weight excluding hydrogens is 338 g/mol. The summed E-state index contributed by atoms with van der Waals surface area (Å²) in [6.07, 6.45) is -0.501. The molecule has 0 rings (SSSR count). The first-order chi connectivity index (χ1) is 11.5. The van der Waals surface area contributed by atoms with Crippen LogP contribution in [-0.4, -0.2) is 118 Å². The van der Waals surface area contributed by atoms with Gasteiger partial charge in [0.2, 0.25) is 0 Å². The summed E-state index contributed by atoms with van der Waals surface area (Å²) in [7, 11) is 3.57. The molecule has 11 nitrogen and oxygen atoms in total. The summed E-state index contributed by atoms with van der Waals surface area (Å²) in [5, 5.41) is 35.9. The van der Waals surface area contributed by atoms with Crippen LogP contribution in [0.4, 0.5) is 0 Å². The summed E-state index contributed by atoms with van der Waals surface area (Å²) in [6, 6.07) is -0.953. The van der Waals surface area contributed by atoms with E-state index in [1.807, 2.05) is 4.90 Å². The molecule has 0 heterocycles. The van der Waals surface area contributed by atoms with Crippen LogP contribution in [0, 0.1) is 0 Å². The largest absolute Gasteiger partial charge is 0.481 e. The first-order valence-corrected chi connectivity index (χ1v) is 7.49. The van der Waals surface area contributed by atoms with Gasteiger partial charge < -0.3 is 25.3 Å². The van der Waals surface area contributed by atoms with Gasteiger partial charge in [0.1, 0.15) is 0 Å². The quantitative estimate of drug-likeness (QED) is 0.277. The Morgan fingerprint density at radius 1 is 0.760 bits per heavy atom. The molecule has 0 aromatic rings. The third-order valence-electron chi connectivity index (χ3n) is 3.29. The molecule has 1 atom stereocenters. The molecule has 0 spiro atoms. The van der Waals surface area contributed by atoms with Crippen LogP contribution in [0.2, 0.25) is 0 Å². The standard InChI is InChI=1S/C14H25N3O8/c1-15(2)3-4-16(7-12(20)21)6-10(5-11(18)19)17(8-13(22)23)9-14(24)25/h10H,3-9H2,1-2H3,(H,18,19)(H,20,21)(H,22,23)(H,24,25). The van der Waals surface area contributed by atoms with Crippen LogP contribution >= 0.6 is 0 Å². The van der Waals surface area contributed by atoms with Crippen molar-refractivity contribution in [2.45, 2.75) is 12.5 Å². The van der Waals surface area contributed by atoms with E-state index in [1.54, 1.807) is 14.1 Å². The number of nitrogens with zero attached hydrogens (tertiary/aromatic N) is 3. The van der Waals surface area contributed by atoms with E-state index >= 15 is 0 Å². The molecule has 0 aliphatic rings. The van der Waals surface area contributed by atoms with Crippen LogP contribution in [0.15, 0.2) is 0 Å². The molecule has 0 aliphatic heterocycles. The Kier molecular flexibility index (Phi) is 10.3. The summed E-state index contributed by atoms with van der Waals surface area (Å²) in [6.45, 7) is -0.934. The average Bonchev–Trinajstić information content (AvgIpc) is 2.41. The van der Waals surface area contributed by atoms with Crippen molar-refractivity contribution < 1.29 is 39.6 Å². The monoisotopic (exact) mass is 363 g/mol. The fourth-order valence-corrected chi connectivity index (χ4v) is 2.24. The van der Waals surface area contributed by atoms with E-state index in [1.165, 1.54) is 4.90 Å². The fourth-order valence-electron chi connectivity index (χ4n) is 2.24. The van der Waals surface area contributed by atoms with E-state index in [2.05, 4.69) is 0 Å². The highest BCUT2D eigenvalue weighted by Gasteiger charge is 2.28. The number of carboxylic acids is 4. The van der Waals surface area contributed by atoms with Gasteiger partial charge in [0.25, 0.3) is 0 Å². The first kappa shape index (κ1) is 22.8. The van der Waals surface area contributed by atoms with Crippen molar-refractivity contribution in [1.29, 1.82) is 0 Å². The molecule has 25 heavy (non-hydrogen) atoms. The topological polar surface area (TPSA) is 159 Å². The van der Waals surface area contributed by atoms with Crippen molar-refractivity contribution in [2.24, 2.45) is 0 Å². The number of aliphatic carboxylic acids is 4. The van der Waals surface area contributed by atoms with Crippen LogP contribution in [0.25, 0.3) is 0 Å². The molecule has 0 amide bonds. The van der Waals surface area contributed by atoms with Crippen molar-refractivity contribution in [3.05, 3.63) is 0 Å². The summed E-state index contributed by atoms with van der Waals surface area (Å²) >= 11 is 0. The summed E-state index contributed by atoms with van der Waals surface area (Å²) < 4.78 is 0. The predicted octanol–water partition coefficient (Wildman–Crippen LogP) is -1.75. The molecule has 0 saturated carbocycles. The third kappa shape index (κ3) is 11.9. The van der Waals surface area contributed by atoms with E-state index in [-0.39, 0.29) is 13.1 Å². The number of hydrogen-bond donors (Lipinski definition) is 4. The number of likely N-dealkylation sites (N-methyl/N-ethyl adjacent to an activating group) is 1. The van der Waals surface area contributed by atoms with Gasteiger partial charge in [-0.2, -0.15) is 0 Å². The Balaban J connectivity index is 5.30. The highest BCUT2D eigenvalue weighted by Crippen LogP contribution is 2.08. The van der Waals surface area contributed by atoms with Gasteiger partial charge in [-0.3, -0.25) is 29.0 Å². The summed E-state index contributed by atoms with van der Waals surface area (Å²) in [4.78, 5) is 48.3. The molecule has 11 heteroatoms. The molecule has 0 aromatic heterocycles. The van der Waals surface area contributed by atoms with Crippen molar-refractivity contribution in [1.82, 2.24) is 14.7 Å². The van der Waals surface area contributed by atoms with Gasteiger partial charge in [0.15, 0.2) is 0 Å². The zero-order valence-electron chi connectivity index (χ0n) is 14.3. The highest BCUT2D eigenvalue weighted by molar-refractivity contribution is 5.73. The number of hydrogen-bond acceptors (Lipinski definition) is 7. The maximum absolute atomic E-state index is 11.1. The molecule has 0 radical (unpaired) electrons. The Hall–Kier alpha value is -2.24. The van der Waals surface area contributed by atoms with Crippen LogP contribution in [-0.2, 0) is 19.2 Å². The van der Waals surface area contributed by atoms with E-state index in [4.69, 9.17) is 20.4 Å². The second-order valence-electron chi connectivity index (χ2n) is 5.88. The normalized spacial score (nSPS) is 12.5. The molecule has 0 aliphatic carbocycles. The summed E-state index contributed by atoms with van der Waals surface area (Å²) in [5.74, 6) is -4.94. The Bertz CT molecular complexity index is 467. The zero-order valence-corrected chi connectivity index (χ0v) is 14.3. The maximum Gasteiger partial charge on any atom is 0.317 e. The third-order valence-corrected chi connectivity index (χ3v) is 3.29. The molecule has 0 fully saturated rings. The van der Waals surface area contributed by atoms with Gasteiger partial charge in [-0.25, -0.2) is 0 Å². The van der Waals surface area contributed by atoms with E-state index in [0.29, 0.717) is 13.1 Å². The van der Waals surface area contributed by atoms with Gasteiger partial charge in [-0.05, 0) is 14.1 Å². The van der Waals surface area contributed by atoms with Gasteiger partial charge in [0.05, 0.1) is 26.1 Å². The highest BCUT2D eigenvalue weighted by atomic mass is 16.4. The average molecular weight is 363 g/mol. The Morgan fingerprint density at radius 3 is 1.60 bits per heavy atom. The van der Waals surface area contributed by atoms with Crippen LogP contribution < -0.4 is 0 Å². The molecule has 1 unspecified atom stereocenters. The number of carbonyl (C=O) groups is 4. The zero-order chi connectivity index (χ0) is 19.6. The van der Waals surface area contributed by atoms with E-state index < -0.39 is 49.4 Å². The molecule has 144 valence electrons. The molecule has 0 aromatic carbocycles. The fraction of sp³-hybridized carbons (Fsp3) is 0.714. The van der Waals surface area contributed by atoms with Gasteiger partial charge in [-0.15, -0.1) is 0 Å². The SMILES string of the molecule is CN(C)CCN(CC(=O)O)CC(CC(=O)O)N(CC(=O)O)CC(=O)O. The lowest BCUT2D eigenvalue weighted by Crippen LogP contribution is -2.50. The van der Waals surface area contributed by atoms with Crippen LogP contribution in [0.3, 0.4) is 0 Å². The van der Waals surface area contributed by atoms with Crippen molar-refractivity contribution in [2.75, 3.05) is 53.4 Å². The Morgan fingerprint density at radius 2 is 1.24 bits per heavy atom. The lowest BCUT2D eigenvalue weighted by atomic mass is 10.1. The molecular formula is C14H25N3O8. The van der Waals surface area contributed by atoms with Gasteiger partial charge in [0, 0.05) is 25.7 Å². The van der Waals surface area contributed by atoms with Crippen molar-refractivity contribution >= 4 is 23.9 Å². The molecule has 0 saturated heterocycles. The van der Waals surface area contributed by atoms with E-state index in [0.717, 1.165) is 4.90 Å². The van der Waals surface area contributed by atoms with E-state index in [9.17, 15) is 19.2 Å². The van der Waals surface area contributed by atoms with Crippen LogP contribution in [0.1, 0.15) is 6.42 Å². The van der Waals surface area contributed by atoms with Gasteiger partial charge in [-0.1, -0.05) is 0 Å². The smallest absolute Gasteiger partial charge is 0.317 e. The minimum absolute atomic E-state index is 0.0764. The number of rotatable bonds is 14. The van der Waals surface area contributed by atoms with Crippen LogP contribution in [0.5, 0.6) is 0 Å². The minimum Gasteiger partial charge on any atom is -0.481 e. The molecule has 4 N–H and O–H groups in total. The second kappa shape index (κ2) is 11.3. The summed E-state index contributed by atoms with van der Waals surface area (Å²) in [5.41, 5.74) is 0. The Labute approximate surface area is 145 Å². The maximum atomic E-state index is 11.1. The first-order valence-electron chi connectivity index (χ1n) is 7.49. The second-order valence-corrected chi connectivity index (χ2v) is 5.88. The van der Waals surface area contributed by atoms with Crippen molar-refractivity contribution in [3.63, 3.8) is 0 Å². The van der Waals surface area contributed by atoms with Gasteiger partial charge >= 0.3 is 23.9 Å².